The first-order valence-corrected chi connectivity index (χ1v) is 8.00. The number of alkyl halides is 3. The molecule has 0 aromatic rings. The highest BCUT2D eigenvalue weighted by Gasteiger charge is 2.44. The van der Waals surface area contributed by atoms with E-state index in [1.165, 1.54) is 0 Å². The number of amides is 1. The number of carbonyl (C=O) groups excluding carboxylic acids is 1. The Hall–Kier alpha value is -0.780. The Bertz CT molecular complexity index is 356. The fourth-order valence-electron chi connectivity index (χ4n) is 3.64. The van der Waals surface area contributed by atoms with Gasteiger partial charge in [-0.2, -0.15) is 13.2 Å². The lowest BCUT2D eigenvalue weighted by Gasteiger charge is -2.34. The van der Waals surface area contributed by atoms with Gasteiger partial charge in [0.05, 0.1) is 11.5 Å². The van der Waals surface area contributed by atoms with Crippen LogP contribution in [0.5, 0.6) is 0 Å². The first-order chi connectivity index (χ1) is 9.87. The normalized spacial score (nSPS) is 33.9. The van der Waals surface area contributed by atoms with E-state index in [1.54, 1.807) is 0 Å². The van der Waals surface area contributed by atoms with Crippen molar-refractivity contribution in [2.45, 2.75) is 76.0 Å². The van der Waals surface area contributed by atoms with Gasteiger partial charge in [-0.05, 0) is 51.5 Å². The Morgan fingerprint density at radius 2 is 1.95 bits per heavy atom. The molecule has 1 saturated carbocycles. The van der Waals surface area contributed by atoms with E-state index in [-0.39, 0.29) is 24.8 Å². The van der Waals surface area contributed by atoms with E-state index >= 15 is 0 Å². The summed E-state index contributed by atoms with van der Waals surface area (Å²) in [7, 11) is 0. The zero-order valence-corrected chi connectivity index (χ0v) is 12.6. The van der Waals surface area contributed by atoms with Gasteiger partial charge in [-0.15, -0.1) is 0 Å². The Balaban J connectivity index is 1.86. The summed E-state index contributed by atoms with van der Waals surface area (Å²) in [6.07, 6.45) is 0.531. The molecule has 1 heterocycles. The lowest BCUT2D eigenvalue weighted by Crippen LogP contribution is -2.56. The van der Waals surface area contributed by atoms with Crippen LogP contribution in [0.3, 0.4) is 0 Å². The number of rotatable bonds is 4. The number of halogens is 3. The van der Waals surface area contributed by atoms with Crippen molar-refractivity contribution in [3.63, 3.8) is 0 Å². The monoisotopic (exact) mass is 306 g/mol. The van der Waals surface area contributed by atoms with Crippen LogP contribution in [0.25, 0.3) is 0 Å². The maximum Gasteiger partial charge on any atom is 0.391 e. The summed E-state index contributed by atoms with van der Waals surface area (Å²) in [5.41, 5.74) is -0.490. The summed E-state index contributed by atoms with van der Waals surface area (Å²) < 4.78 is 37.9. The van der Waals surface area contributed by atoms with E-state index in [9.17, 15) is 18.0 Å². The molecule has 6 heteroatoms. The number of hydrogen-bond donors (Lipinski definition) is 2. The number of nitrogens with one attached hydrogen (secondary N) is 2. The van der Waals surface area contributed by atoms with Crippen molar-refractivity contribution in [1.82, 2.24) is 10.6 Å². The smallest absolute Gasteiger partial charge is 0.352 e. The van der Waals surface area contributed by atoms with Crippen LogP contribution in [0, 0.1) is 5.92 Å². The lowest BCUT2D eigenvalue weighted by molar-refractivity contribution is -0.182. The van der Waals surface area contributed by atoms with E-state index < -0.39 is 17.6 Å². The van der Waals surface area contributed by atoms with E-state index in [0.29, 0.717) is 12.8 Å². The molecule has 1 atom stereocenters. The van der Waals surface area contributed by atoms with Crippen molar-refractivity contribution in [3.05, 3.63) is 0 Å². The molecular weight excluding hydrogens is 281 g/mol. The molecule has 0 aromatic carbocycles. The highest BCUT2D eigenvalue weighted by molar-refractivity contribution is 5.87. The van der Waals surface area contributed by atoms with Crippen LogP contribution >= 0.6 is 0 Å². The largest absolute Gasteiger partial charge is 0.391 e. The first kappa shape index (κ1) is 16.6. The summed E-state index contributed by atoms with van der Waals surface area (Å²) in [5, 5.41) is 6.29. The summed E-state index contributed by atoms with van der Waals surface area (Å²) in [6, 6.07) is -0.104. The van der Waals surface area contributed by atoms with E-state index in [2.05, 4.69) is 10.6 Å². The van der Waals surface area contributed by atoms with Gasteiger partial charge >= 0.3 is 6.18 Å². The SMILES string of the molecule is CCCC1(C(=O)NC2CCC(C(F)(F)F)CC2)CCCN1. The molecule has 1 unspecified atom stereocenters. The summed E-state index contributed by atoms with van der Waals surface area (Å²) >= 11 is 0. The van der Waals surface area contributed by atoms with Gasteiger partial charge in [0, 0.05) is 6.04 Å². The second-order valence-electron chi connectivity index (χ2n) is 6.43. The molecule has 2 N–H and O–H groups in total. The molecule has 0 radical (unpaired) electrons. The minimum absolute atomic E-state index is 0.0164. The quantitative estimate of drug-likeness (QED) is 0.838. The van der Waals surface area contributed by atoms with Gasteiger partial charge in [-0.25, -0.2) is 0 Å². The van der Waals surface area contributed by atoms with Crippen molar-refractivity contribution in [3.8, 4) is 0 Å². The van der Waals surface area contributed by atoms with Crippen LogP contribution in [-0.4, -0.2) is 30.2 Å². The van der Waals surface area contributed by atoms with Gasteiger partial charge in [0.25, 0.3) is 0 Å². The standard InChI is InChI=1S/C15H25F3N2O/c1-2-8-14(9-3-10-19-14)13(21)20-12-6-4-11(5-7-12)15(16,17)18/h11-12,19H,2-10H2,1H3,(H,20,21). The Morgan fingerprint density at radius 1 is 1.29 bits per heavy atom. The molecule has 1 aliphatic carbocycles. The van der Waals surface area contributed by atoms with Crippen molar-refractivity contribution >= 4 is 5.91 Å². The Labute approximate surface area is 124 Å². The van der Waals surface area contributed by atoms with Gasteiger partial charge in [-0.1, -0.05) is 13.3 Å². The highest BCUT2D eigenvalue weighted by Crippen LogP contribution is 2.37. The third kappa shape index (κ3) is 3.90. The number of carbonyl (C=O) groups is 1. The maximum atomic E-state index is 12.6. The maximum absolute atomic E-state index is 12.6. The topological polar surface area (TPSA) is 41.1 Å². The van der Waals surface area contributed by atoms with Crippen molar-refractivity contribution in [2.75, 3.05) is 6.54 Å². The summed E-state index contributed by atoms with van der Waals surface area (Å²) in [5.74, 6) is -1.21. The van der Waals surface area contributed by atoms with Gasteiger partial charge < -0.3 is 10.6 Å². The molecule has 0 spiro atoms. The third-order valence-corrected chi connectivity index (χ3v) is 4.88. The van der Waals surface area contributed by atoms with E-state index in [0.717, 1.165) is 32.2 Å². The average molecular weight is 306 g/mol. The van der Waals surface area contributed by atoms with Gasteiger partial charge in [0.1, 0.15) is 0 Å². The molecular formula is C15H25F3N2O. The molecule has 1 aliphatic heterocycles. The third-order valence-electron chi connectivity index (χ3n) is 4.88. The molecule has 0 bridgehead atoms. The van der Waals surface area contributed by atoms with Crippen molar-refractivity contribution in [2.24, 2.45) is 5.92 Å². The predicted octanol–water partition coefficient (Wildman–Crippen LogP) is 3.15. The summed E-state index contributed by atoms with van der Waals surface area (Å²) in [6.45, 7) is 2.89. The van der Waals surface area contributed by atoms with Crippen LogP contribution in [0.15, 0.2) is 0 Å². The minimum Gasteiger partial charge on any atom is -0.352 e. The molecule has 3 nitrogen and oxygen atoms in total. The lowest BCUT2D eigenvalue weighted by atomic mass is 9.84. The Morgan fingerprint density at radius 3 is 2.43 bits per heavy atom. The molecule has 21 heavy (non-hydrogen) atoms. The highest BCUT2D eigenvalue weighted by atomic mass is 19.4. The van der Waals surface area contributed by atoms with Crippen LogP contribution in [-0.2, 0) is 4.79 Å². The van der Waals surface area contributed by atoms with Gasteiger partial charge in [0.15, 0.2) is 0 Å². The molecule has 1 amide bonds. The van der Waals surface area contributed by atoms with E-state index in [4.69, 9.17) is 0 Å². The summed E-state index contributed by atoms with van der Waals surface area (Å²) in [4.78, 5) is 12.5. The molecule has 0 aromatic heterocycles. The second kappa shape index (κ2) is 6.55. The first-order valence-electron chi connectivity index (χ1n) is 8.00. The van der Waals surface area contributed by atoms with Crippen LogP contribution in [0.2, 0.25) is 0 Å². The zero-order valence-electron chi connectivity index (χ0n) is 12.6. The Kier molecular flexibility index (Phi) is 5.17. The van der Waals surface area contributed by atoms with Gasteiger partial charge in [-0.3, -0.25) is 4.79 Å². The zero-order chi connectivity index (χ0) is 15.5. The fourth-order valence-corrected chi connectivity index (χ4v) is 3.64. The molecule has 122 valence electrons. The van der Waals surface area contributed by atoms with E-state index in [1.807, 2.05) is 6.92 Å². The minimum atomic E-state index is -4.09. The molecule has 2 rings (SSSR count). The van der Waals surface area contributed by atoms with Crippen LogP contribution in [0.1, 0.15) is 58.3 Å². The van der Waals surface area contributed by atoms with Crippen molar-refractivity contribution in [1.29, 1.82) is 0 Å². The van der Waals surface area contributed by atoms with Gasteiger partial charge in [0.2, 0.25) is 5.91 Å². The van der Waals surface area contributed by atoms with Crippen molar-refractivity contribution < 1.29 is 18.0 Å². The fraction of sp³-hybridized carbons (Fsp3) is 0.933. The molecule has 2 fully saturated rings. The van der Waals surface area contributed by atoms with Crippen LogP contribution < -0.4 is 10.6 Å². The average Bonchev–Trinajstić information content (AvgIpc) is 2.89. The second-order valence-corrected chi connectivity index (χ2v) is 6.43. The molecule has 1 saturated heterocycles. The number of hydrogen-bond acceptors (Lipinski definition) is 2. The predicted molar refractivity (Wildman–Crippen MR) is 74.8 cm³/mol. The molecule has 2 aliphatic rings. The van der Waals surface area contributed by atoms with Crippen LogP contribution in [0.4, 0.5) is 13.2 Å².